The average Bonchev–Trinajstić information content (AvgIpc) is 3.67. The maximum atomic E-state index is 10.5. The summed E-state index contributed by atoms with van der Waals surface area (Å²) in [7, 11) is 0. The molecule has 0 bridgehead atoms. The lowest BCUT2D eigenvalue weighted by molar-refractivity contribution is 0.661. The summed E-state index contributed by atoms with van der Waals surface area (Å²) in [6.07, 6.45) is 1.37. The van der Waals surface area contributed by atoms with Gasteiger partial charge in [-0.05, 0) is 64.7 Å². The zero-order valence-corrected chi connectivity index (χ0v) is 25.0. The molecule has 0 amide bonds. The van der Waals surface area contributed by atoms with E-state index in [1.165, 1.54) is 33.9 Å². The first-order chi connectivity index (χ1) is 22.0. The first-order valence-electron chi connectivity index (χ1n) is 15.3. The van der Waals surface area contributed by atoms with E-state index >= 15 is 0 Å². The Kier molecular flexibility index (Phi) is 5.14. The van der Waals surface area contributed by atoms with E-state index in [1.807, 2.05) is 18.2 Å². The van der Waals surface area contributed by atoms with E-state index in [2.05, 4.69) is 132 Å². The highest BCUT2D eigenvalue weighted by atomic mass is 15.0. The van der Waals surface area contributed by atoms with Crippen molar-refractivity contribution in [2.24, 2.45) is 0 Å². The van der Waals surface area contributed by atoms with Gasteiger partial charge in [0, 0.05) is 38.7 Å². The first kappa shape index (κ1) is 25.6. The topological polar surface area (TPSA) is 57.5 Å². The van der Waals surface area contributed by atoms with Crippen LogP contribution < -0.4 is 0 Å². The van der Waals surface area contributed by atoms with Crippen molar-refractivity contribution in [3.05, 3.63) is 144 Å². The van der Waals surface area contributed by atoms with Crippen LogP contribution in [-0.4, -0.2) is 15.3 Å². The number of benzene rings is 6. The highest BCUT2D eigenvalue weighted by Gasteiger charge is 2.36. The van der Waals surface area contributed by atoms with Crippen LogP contribution in [-0.2, 0) is 5.41 Å². The van der Waals surface area contributed by atoms with Crippen molar-refractivity contribution in [2.75, 3.05) is 0 Å². The molecule has 0 saturated heterocycles. The van der Waals surface area contributed by atoms with Crippen LogP contribution in [0.3, 0.4) is 0 Å². The van der Waals surface area contributed by atoms with Crippen molar-refractivity contribution in [1.29, 1.82) is 10.7 Å². The summed E-state index contributed by atoms with van der Waals surface area (Å²) in [6, 6.07) is 45.1. The standard InChI is InChI=1S/C41H28N4/c1-41(2)33-15-7-3-11-27(33)31-20-32-30-14-6-10-18-37(30)45(40(32)21-34(31)41)39-22-38(25(23-42)19-26(39)24-43)44-35-16-8-4-12-28(35)29-13-5-9-17-36(29)44/h3-22,24,43H,1-2H3. The van der Waals surface area contributed by atoms with Gasteiger partial charge in [-0.15, -0.1) is 0 Å². The summed E-state index contributed by atoms with van der Waals surface area (Å²) in [5.41, 5.74) is 12.2. The van der Waals surface area contributed by atoms with Crippen molar-refractivity contribution in [3.8, 4) is 28.6 Å². The number of nitrogens with one attached hydrogen (secondary N) is 1. The van der Waals surface area contributed by atoms with Crippen molar-refractivity contribution in [2.45, 2.75) is 19.3 Å². The fraction of sp³-hybridized carbons (Fsp3) is 0.0732. The monoisotopic (exact) mass is 576 g/mol. The normalized spacial score (nSPS) is 13.4. The third kappa shape index (κ3) is 3.33. The fourth-order valence-electron chi connectivity index (χ4n) is 7.78. The van der Waals surface area contributed by atoms with Crippen molar-refractivity contribution in [3.63, 3.8) is 0 Å². The van der Waals surface area contributed by atoms with E-state index in [4.69, 9.17) is 5.41 Å². The number of fused-ring (bicyclic) bond motifs is 9. The summed E-state index contributed by atoms with van der Waals surface area (Å²) < 4.78 is 4.49. The van der Waals surface area contributed by atoms with Gasteiger partial charge in [-0.3, -0.25) is 0 Å². The minimum Gasteiger partial charge on any atom is -0.308 e. The molecule has 0 radical (unpaired) electrons. The van der Waals surface area contributed by atoms with E-state index in [0.29, 0.717) is 11.1 Å². The summed E-state index contributed by atoms with van der Waals surface area (Å²) >= 11 is 0. The Balaban J connectivity index is 1.41. The molecule has 1 N–H and O–H groups in total. The lowest BCUT2D eigenvalue weighted by Crippen LogP contribution is -2.15. The molecular weight excluding hydrogens is 548 g/mol. The van der Waals surface area contributed by atoms with Gasteiger partial charge in [0.25, 0.3) is 0 Å². The molecule has 2 aromatic heterocycles. The van der Waals surface area contributed by atoms with Crippen LogP contribution in [0.25, 0.3) is 66.1 Å². The second-order valence-corrected chi connectivity index (χ2v) is 12.5. The van der Waals surface area contributed by atoms with Gasteiger partial charge in [0.2, 0.25) is 0 Å². The zero-order valence-electron chi connectivity index (χ0n) is 25.0. The highest BCUT2D eigenvalue weighted by molar-refractivity contribution is 6.13. The summed E-state index contributed by atoms with van der Waals surface area (Å²) in [5, 5.41) is 23.6. The van der Waals surface area contributed by atoms with E-state index in [0.717, 1.165) is 49.6 Å². The molecule has 0 unspecified atom stereocenters. The van der Waals surface area contributed by atoms with Gasteiger partial charge in [0.15, 0.2) is 0 Å². The summed E-state index contributed by atoms with van der Waals surface area (Å²) in [6.45, 7) is 4.61. The fourth-order valence-corrected chi connectivity index (χ4v) is 7.78. The Morgan fingerprint density at radius 2 is 1.13 bits per heavy atom. The van der Waals surface area contributed by atoms with Crippen LogP contribution >= 0.6 is 0 Å². The summed E-state index contributed by atoms with van der Waals surface area (Å²) in [4.78, 5) is 0. The van der Waals surface area contributed by atoms with Crippen LogP contribution in [0.4, 0.5) is 0 Å². The summed E-state index contributed by atoms with van der Waals surface area (Å²) in [5.74, 6) is 0. The van der Waals surface area contributed by atoms with E-state index in [1.54, 1.807) is 0 Å². The molecule has 212 valence electrons. The lowest BCUT2D eigenvalue weighted by Gasteiger charge is -2.22. The molecular formula is C41H28N4. The third-order valence-corrected chi connectivity index (χ3v) is 9.86. The quantitative estimate of drug-likeness (QED) is 0.209. The van der Waals surface area contributed by atoms with E-state index in [-0.39, 0.29) is 5.41 Å². The molecule has 1 aliphatic rings. The molecule has 4 nitrogen and oxygen atoms in total. The molecule has 4 heteroatoms. The molecule has 0 spiro atoms. The van der Waals surface area contributed by atoms with Gasteiger partial charge < -0.3 is 14.5 Å². The molecule has 9 rings (SSSR count). The number of nitrogens with zero attached hydrogens (tertiary/aromatic N) is 3. The zero-order chi connectivity index (χ0) is 30.4. The average molecular weight is 577 g/mol. The van der Waals surface area contributed by atoms with Crippen LogP contribution in [0.1, 0.15) is 36.1 Å². The molecule has 0 aliphatic heterocycles. The molecule has 0 saturated carbocycles. The minimum absolute atomic E-state index is 0.148. The Labute approximate surface area is 260 Å². The van der Waals surface area contributed by atoms with Crippen LogP contribution in [0.15, 0.2) is 121 Å². The first-order valence-corrected chi connectivity index (χ1v) is 15.3. The van der Waals surface area contributed by atoms with Gasteiger partial charge in [-0.1, -0.05) is 92.7 Å². The Morgan fingerprint density at radius 3 is 1.76 bits per heavy atom. The predicted octanol–water partition coefficient (Wildman–Crippen LogP) is 10.1. The molecule has 6 aromatic carbocycles. The van der Waals surface area contributed by atoms with Crippen molar-refractivity contribution >= 4 is 49.8 Å². The minimum atomic E-state index is -0.148. The second kappa shape index (κ2) is 9.05. The number of para-hydroxylation sites is 3. The van der Waals surface area contributed by atoms with E-state index < -0.39 is 0 Å². The largest absolute Gasteiger partial charge is 0.308 e. The Hall–Kier alpha value is -5.92. The Morgan fingerprint density at radius 1 is 0.578 bits per heavy atom. The van der Waals surface area contributed by atoms with Crippen LogP contribution in [0.5, 0.6) is 0 Å². The maximum Gasteiger partial charge on any atom is 0.101 e. The number of aromatic nitrogens is 2. The highest BCUT2D eigenvalue weighted by Crippen LogP contribution is 2.51. The van der Waals surface area contributed by atoms with Crippen molar-refractivity contribution < 1.29 is 0 Å². The van der Waals surface area contributed by atoms with E-state index in [9.17, 15) is 5.26 Å². The van der Waals surface area contributed by atoms with Crippen LogP contribution in [0, 0.1) is 16.7 Å². The third-order valence-electron chi connectivity index (χ3n) is 9.86. The maximum absolute atomic E-state index is 10.5. The lowest BCUT2D eigenvalue weighted by atomic mass is 9.82. The van der Waals surface area contributed by atoms with Crippen molar-refractivity contribution in [1.82, 2.24) is 9.13 Å². The SMILES string of the molecule is CC1(C)c2ccccc2-c2cc3c4ccccc4n(-c4cc(-n5c6ccccc6c6ccccc65)c(C#N)cc4C=N)c3cc21. The molecule has 8 aromatic rings. The van der Waals surface area contributed by atoms with Gasteiger partial charge in [0.05, 0.1) is 39.0 Å². The smallest absolute Gasteiger partial charge is 0.101 e. The number of hydrogen-bond donors (Lipinski definition) is 1. The Bertz CT molecular complexity index is 2550. The molecule has 0 fully saturated rings. The van der Waals surface area contributed by atoms with Gasteiger partial charge >= 0.3 is 0 Å². The molecule has 1 aliphatic carbocycles. The van der Waals surface area contributed by atoms with Gasteiger partial charge in [0.1, 0.15) is 6.07 Å². The van der Waals surface area contributed by atoms with Crippen LogP contribution in [0.2, 0.25) is 0 Å². The number of hydrogen-bond acceptors (Lipinski definition) is 2. The number of nitriles is 1. The van der Waals surface area contributed by atoms with Gasteiger partial charge in [-0.25, -0.2) is 0 Å². The second-order valence-electron chi connectivity index (χ2n) is 12.5. The molecule has 45 heavy (non-hydrogen) atoms. The van der Waals surface area contributed by atoms with Gasteiger partial charge in [-0.2, -0.15) is 5.26 Å². The predicted molar refractivity (Wildman–Crippen MR) is 185 cm³/mol. The molecule has 2 heterocycles. The number of rotatable bonds is 3. The molecule has 0 atom stereocenters.